The third-order valence-electron chi connectivity index (χ3n) is 3.38. The van der Waals surface area contributed by atoms with Crippen LogP contribution in [0.2, 0.25) is 0 Å². The van der Waals surface area contributed by atoms with Gasteiger partial charge in [-0.3, -0.25) is 4.79 Å². The minimum absolute atomic E-state index is 0.0778. The molecule has 0 atom stereocenters. The van der Waals surface area contributed by atoms with Crippen molar-refractivity contribution in [2.45, 2.75) is 26.2 Å². The van der Waals surface area contributed by atoms with E-state index in [-0.39, 0.29) is 11.0 Å². The van der Waals surface area contributed by atoms with E-state index >= 15 is 0 Å². The fraction of sp³-hybridized carbons (Fsp3) is 0.267. The first-order valence-electron chi connectivity index (χ1n) is 6.70. The van der Waals surface area contributed by atoms with Gasteiger partial charge in [-0.05, 0) is 18.2 Å². The van der Waals surface area contributed by atoms with Crippen LogP contribution in [0.4, 0.5) is 5.82 Å². The molecule has 0 saturated heterocycles. The molecule has 0 aliphatic heterocycles. The fourth-order valence-electron chi connectivity index (χ4n) is 2.16. The lowest BCUT2D eigenvalue weighted by Crippen LogP contribution is -2.12. The first-order chi connectivity index (χ1) is 9.86. The van der Waals surface area contributed by atoms with Crippen molar-refractivity contribution in [2.24, 2.45) is 0 Å². The third-order valence-corrected chi connectivity index (χ3v) is 3.38. The molecule has 3 aromatic rings. The summed E-state index contributed by atoms with van der Waals surface area (Å²) in [6.07, 6.45) is 1.39. The minimum Gasteiger partial charge on any atom is -0.384 e. The Balaban J connectivity index is 2.17. The largest absolute Gasteiger partial charge is 0.384 e. The highest BCUT2D eigenvalue weighted by Crippen LogP contribution is 2.25. The molecule has 0 amide bonds. The molecule has 0 saturated carbocycles. The molecule has 0 unspecified atom stereocenters. The van der Waals surface area contributed by atoms with Crippen molar-refractivity contribution in [2.75, 3.05) is 5.73 Å². The fourth-order valence-corrected chi connectivity index (χ4v) is 2.16. The Bertz CT molecular complexity index is 870. The molecule has 108 valence electrons. The summed E-state index contributed by atoms with van der Waals surface area (Å²) in [5.74, 6) is 0.559. The van der Waals surface area contributed by atoms with Crippen LogP contribution < -0.4 is 11.3 Å². The normalized spacial score (nSPS) is 12.0. The number of nitrogen functional groups attached to an aromatic ring is 1. The molecule has 0 radical (unpaired) electrons. The minimum atomic E-state index is -0.157. The number of benzene rings is 1. The second kappa shape index (κ2) is 4.44. The zero-order valence-corrected chi connectivity index (χ0v) is 12.2. The summed E-state index contributed by atoms with van der Waals surface area (Å²) in [6.45, 7) is 6.25. The average molecular weight is 283 g/mol. The zero-order chi connectivity index (χ0) is 15.2. The molecule has 21 heavy (non-hydrogen) atoms. The van der Waals surface area contributed by atoms with Crippen LogP contribution in [-0.4, -0.2) is 19.7 Å². The van der Waals surface area contributed by atoms with Gasteiger partial charge >= 0.3 is 0 Å². The average Bonchev–Trinajstić information content (AvgIpc) is 2.81. The zero-order valence-electron chi connectivity index (χ0n) is 12.2. The summed E-state index contributed by atoms with van der Waals surface area (Å²) < 4.78 is 1.67. The van der Waals surface area contributed by atoms with E-state index in [0.717, 1.165) is 11.4 Å². The van der Waals surface area contributed by atoms with Gasteiger partial charge < -0.3 is 10.7 Å². The van der Waals surface area contributed by atoms with Crippen LogP contribution in [0.25, 0.3) is 16.6 Å². The number of anilines is 1. The lowest BCUT2D eigenvalue weighted by atomic mass is 9.92. The Morgan fingerprint density at radius 2 is 2.00 bits per heavy atom. The van der Waals surface area contributed by atoms with Crippen molar-refractivity contribution in [1.82, 2.24) is 19.7 Å². The highest BCUT2D eigenvalue weighted by Gasteiger charge is 2.19. The monoisotopic (exact) mass is 283 g/mol. The molecule has 6 heteroatoms. The molecular formula is C15H17N5O. The molecule has 6 nitrogen and oxygen atoms in total. The molecule has 3 rings (SSSR count). The number of fused-ring (bicyclic) bond motifs is 1. The number of aromatic amines is 1. The van der Waals surface area contributed by atoms with Gasteiger partial charge in [-0.1, -0.05) is 20.8 Å². The number of H-pyrrole nitrogens is 1. The summed E-state index contributed by atoms with van der Waals surface area (Å²) in [4.78, 5) is 18.4. The van der Waals surface area contributed by atoms with Crippen LogP contribution in [0.5, 0.6) is 0 Å². The van der Waals surface area contributed by atoms with Crippen LogP contribution in [0.1, 0.15) is 26.5 Å². The molecule has 0 aliphatic rings. The number of nitrogens with two attached hydrogens (primary N) is 1. The van der Waals surface area contributed by atoms with Crippen molar-refractivity contribution in [3.05, 3.63) is 46.6 Å². The molecule has 1 aromatic carbocycles. The van der Waals surface area contributed by atoms with Crippen molar-refractivity contribution < 1.29 is 0 Å². The summed E-state index contributed by atoms with van der Waals surface area (Å²) in [5.41, 5.74) is 8.14. The van der Waals surface area contributed by atoms with Crippen LogP contribution in [-0.2, 0) is 5.41 Å². The van der Waals surface area contributed by atoms with Gasteiger partial charge in [0.1, 0.15) is 5.82 Å². The van der Waals surface area contributed by atoms with E-state index in [1.165, 1.54) is 6.33 Å². The van der Waals surface area contributed by atoms with E-state index < -0.39 is 0 Å². The highest BCUT2D eigenvalue weighted by atomic mass is 16.1. The lowest BCUT2D eigenvalue weighted by Gasteiger charge is -2.14. The SMILES string of the molecule is CC(C)(C)c1cc(N)n(-c2ccc3c(=O)[nH]cnc3c2)n1. The maximum atomic E-state index is 11.7. The lowest BCUT2D eigenvalue weighted by molar-refractivity contribution is 0.560. The van der Waals surface area contributed by atoms with E-state index in [1.807, 2.05) is 12.1 Å². The molecule has 0 bridgehead atoms. The smallest absolute Gasteiger partial charge is 0.258 e. The number of aromatic nitrogens is 4. The van der Waals surface area contributed by atoms with Crippen molar-refractivity contribution in [3.8, 4) is 5.69 Å². The molecule has 3 N–H and O–H groups in total. The Labute approximate surface area is 121 Å². The Morgan fingerprint density at radius 1 is 1.24 bits per heavy atom. The van der Waals surface area contributed by atoms with Gasteiger partial charge in [-0.2, -0.15) is 5.10 Å². The first kappa shape index (κ1) is 13.4. The van der Waals surface area contributed by atoms with E-state index in [9.17, 15) is 4.79 Å². The third kappa shape index (κ3) is 2.29. The van der Waals surface area contributed by atoms with Gasteiger partial charge in [0.15, 0.2) is 0 Å². The van der Waals surface area contributed by atoms with E-state index in [2.05, 4.69) is 35.8 Å². The summed E-state index contributed by atoms with van der Waals surface area (Å²) in [7, 11) is 0. The van der Waals surface area contributed by atoms with Crippen LogP contribution in [0.15, 0.2) is 35.4 Å². The molecule has 0 spiro atoms. The van der Waals surface area contributed by atoms with Crippen LogP contribution in [0, 0.1) is 0 Å². The summed E-state index contributed by atoms with van der Waals surface area (Å²) in [5, 5.41) is 5.10. The Morgan fingerprint density at radius 3 is 2.67 bits per heavy atom. The topological polar surface area (TPSA) is 89.6 Å². The number of hydrogen-bond acceptors (Lipinski definition) is 4. The van der Waals surface area contributed by atoms with Crippen molar-refractivity contribution in [1.29, 1.82) is 0 Å². The van der Waals surface area contributed by atoms with Gasteiger partial charge in [-0.15, -0.1) is 0 Å². The molecular weight excluding hydrogens is 266 g/mol. The van der Waals surface area contributed by atoms with Gasteiger partial charge in [0.05, 0.1) is 28.6 Å². The second-order valence-electron chi connectivity index (χ2n) is 6.05. The summed E-state index contributed by atoms with van der Waals surface area (Å²) in [6, 6.07) is 7.22. The highest BCUT2D eigenvalue weighted by molar-refractivity contribution is 5.79. The number of hydrogen-bond donors (Lipinski definition) is 2. The second-order valence-corrected chi connectivity index (χ2v) is 6.05. The molecule has 2 aromatic heterocycles. The maximum absolute atomic E-state index is 11.7. The Hall–Kier alpha value is -2.63. The quantitative estimate of drug-likeness (QED) is 0.714. The standard InChI is InChI=1S/C15H17N5O/c1-15(2,3)12-7-13(16)20(19-12)9-4-5-10-11(6-9)17-8-18-14(10)21/h4-8H,16H2,1-3H3,(H,17,18,21). The predicted octanol–water partition coefficient (Wildman–Crippen LogP) is 1.99. The van der Waals surface area contributed by atoms with Crippen molar-refractivity contribution in [3.63, 3.8) is 0 Å². The number of nitrogens with one attached hydrogen (secondary N) is 1. The number of nitrogens with zero attached hydrogens (tertiary/aromatic N) is 3. The van der Waals surface area contributed by atoms with E-state index in [4.69, 9.17) is 5.73 Å². The van der Waals surface area contributed by atoms with E-state index in [1.54, 1.807) is 16.8 Å². The first-order valence-corrected chi connectivity index (χ1v) is 6.70. The van der Waals surface area contributed by atoms with Gasteiger partial charge in [0, 0.05) is 11.5 Å². The van der Waals surface area contributed by atoms with Crippen LogP contribution >= 0.6 is 0 Å². The molecule has 0 aliphatic carbocycles. The van der Waals surface area contributed by atoms with Gasteiger partial charge in [0.2, 0.25) is 0 Å². The van der Waals surface area contributed by atoms with E-state index in [0.29, 0.717) is 16.7 Å². The Kier molecular flexibility index (Phi) is 2.83. The van der Waals surface area contributed by atoms with Crippen LogP contribution in [0.3, 0.4) is 0 Å². The number of rotatable bonds is 1. The maximum Gasteiger partial charge on any atom is 0.258 e. The summed E-state index contributed by atoms with van der Waals surface area (Å²) >= 11 is 0. The van der Waals surface area contributed by atoms with Gasteiger partial charge in [-0.25, -0.2) is 9.67 Å². The predicted molar refractivity (Wildman–Crippen MR) is 82.6 cm³/mol. The molecule has 0 fully saturated rings. The molecule has 2 heterocycles. The van der Waals surface area contributed by atoms with Crippen molar-refractivity contribution >= 4 is 16.7 Å². The van der Waals surface area contributed by atoms with Gasteiger partial charge in [0.25, 0.3) is 5.56 Å².